The Morgan fingerprint density at radius 2 is 2.47 bits per heavy atom. The van der Waals surface area contributed by atoms with Gasteiger partial charge in [-0.3, -0.25) is 9.78 Å². The van der Waals surface area contributed by atoms with Crippen molar-refractivity contribution in [2.45, 2.75) is 24.6 Å². The van der Waals surface area contributed by atoms with E-state index in [1.165, 1.54) is 13.3 Å². The second-order valence-corrected chi connectivity index (χ2v) is 4.94. The van der Waals surface area contributed by atoms with Gasteiger partial charge in [0.25, 0.3) is 5.91 Å². The lowest BCUT2D eigenvalue weighted by molar-refractivity contribution is -0.0161. The molecular formula is C13H17N3O3. The van der Waals surface area contributed by atoms with Gasteiger partial charge in [0.05, 0.1) is 31.0 Å². The molecule has 2 aliphatic rings. The first-order valence-electron chi connectivity index (χ1n) is 6.38. The van der Waals surface area contributed by atoms with Crippen LogP contribution in [0.2, 0.25) is 0 Å². The molecule has 1 aliphatic carbocycles. The zero-order chi connectivity index (χ0) is 13.4. The highest BCUT2D eigenvalue weighted by Gasteiger charge is 2.52. The lowest BCUT2D eigenvalue weighted by Crippen LogP contribution is -2.68. The largest absolute Gasteiger partial charge is 0.494 e. The van der Waals surface area contributed by atoms with Crippen molar-refractivity contribution in [3.05, 3.63) is 24.0 Å². The van der Waals surface area contributed by atoms with E-state index in [0.29, 0.717) is 17.2 Å². The highest BCUT2D eigenvalue weighted by Crippen LogP contribution is 2.37. The van der Waals surface area contributed by atoms with Gasteiger partial charge in [-0.2, -0.15) is 0 Å². The van der Waals surface area contributed by atoms with Crippen molar-refractivity contribution < 1.29 is 14.3 Å². The zero-order valence-electron chi connectivity index (χ0n) is 10.7. The average molecular weight is 263 g/mol. The second kappa shape index (κ2) is 4.79. The second-order valence-electron chi connectivity index (χ2n) is 4.94. The number of nitrogens with two attached hydrogens (primary N) is 1. The Morgan fingerprint density at radius 1 is 1.63 bits per heavy atom. The van der Waals surface area contributed by atoms with Crippen LogP contribution in [0.5, 0.6) is 5.75 Å². The quantitative estimate of drug-likeness (QED) is 0.797. The Hall–Kier alpha value is -1.66. The maximum atomic E-state index is 12.2. The summed E-state index contributed by atoms with van der Waals surface area (Å²) in [6.07, 6.45) is 4.13. The number of fused-ring (bicyclic) bond motifs is 1. The van der Waals surface area contributed by atoms with Crippen molar-refractivity contribution in [3.63, 3.8) is 0 Å². The number of carbonyl (C=O) groups is 1. The van der Waals surface area contributed by atoms with E-state index >= 15 is 0 Å². The molecule has 2 fully saturated rings. The van der Waals surface area contributed by atoms with Crippen molar-refractivity contribution in [2.24, 2.45) is 11.7 Å². The van der Waals surface area contributed by atoms with E-state index in [0.717, 1.165) is 13.0 Å². The van der Waals surface area contributed by atoms with Gasteiger partial charge in [0.1, 0.15) is 5.75 Å². The summed E-state index contributed by atoms with van der Waals surface area (Å²) in [6, 6.07) is 1.49. The Bertz CT molecular complexity index is 494. The van der Waals surface area contributed by atoms with Crippen LogP contribution in [0, 0.1) is 5.92 Å². The first-order valence-corrected chi connectivity index (χ1v) is 6.38. The number of pyridine rings is 1. The number of hydrogen-bond acceptors (Lipinski definition) is 5. The van der Waals surface area contributed by atoms with Crippen molar-refractivity contribution in [1.29, 1.82) is 0 Å². The summed E-state index contributed by atoms with van der Waals surface area (Å²) >= 11 is 0. The van der Waals surface area contributed by atoms with Gasteiger partial charge in [-0.1, -0.05) is 0 Å². The molecule has 0 aromatic carbocycles. The first kappa shape index (κ1) is 12.4. The van der Waals surface area contributed by atoms with E-state index in [2.05, 4.69) is 10.3 Å². The van der Waals surface area contributed by atoms with Crippen LogP contribution in [-0.4, -0.2) is 42.8 Å². The number of aromatic nitrogens is 1. The molecule has 0 spiro atoms. The molecule has 4 atom stereocenters. The molecule has 3 rings (SSSR count). The molecule has 1 aromatic heterocycles. The van der Waals surface area contributed by atoms with E-state index in [9.17, 15) is 4.79 Å². The molecule has 102 valence electrons. The molecular weight excluding hydrogens is 246 g/mol. The van der Waals surface area contributed by atoms with Crippen molar-refractivity contribution in [3.8, 4) is 5.75 Å². The molecule has 4 unspecified atom stereocenters. The molecule has 1 amide bonds. The maximum absolute atomic E-state index is 12.2. The maximum Gasteiger partial charge on any atom is 0.255 e. The van der Waals surface area contributed by atoms with E-state index in [1.807, 2.05) is 0 Å². The van der Waals surface area contributed by atoms with Crippen molar-refractivity contribution in [1.82, 2.24) is 10.3 Å². The van der Waals surface area contributed by atoms with Crippen LogP contribution in [0.15, 0.2) is 18.5 Å². The monoisotopic (exact) mass is 263 g/mol. The van der Waals surface area contributed by atoms with Crippen LogP contribution in [-0.2, 0) is 4.74 Å². The van der Waals surface area contributed by atoms with Crippen LogP contribution in [0.4, 0.5) is 0 Å². The summed E-state index contributed by atoms with van der Waals surface area (Å²) in [4.78, 5) is 16.2. The normalized spacial score (nSPS) is 32.3. The Kier molecular flexibility index (Phi) is 3.12. The van der Waals surface area contributed by atoms with E-state index in [1.54, 1.807) is 12.3 Å². The van der Waals surface area contributed by atoms with Gasteiger partial charge in [0, 0.05) is 24.8 Å². The molecule has 1 saturated heterocycles. The van der Waals surface area contributed by atoms with Gasteiger partial charge < -0.3 is 20.5 Å². The van der Waals surface area contributed by atoms with Crippen molar-refractivity contribution >= 4 is 5.91 Å². The van der Waals surface area contributed by atoms with Crippen LogP contribution >= 0.6 is 0 Å². The Morgan fingerprint density at radius 3 is 3.26 bits per heavy atom. The minimum atomic E-state index is -0.200. The summed E-state index contributed by atoms with van der Waals surface area (Å²) in [7, 11) is 1.51. The van der Waals surface area contributed by atoms with Crippen LogP contribution in [0.1, 0.15) is 16.8 Å². The minimum Gasteiger partial charge on any atom is -0.494 e. The van der Waals surface area contributed by atoms with Crippen molar-refractivity contribution in [2.75, 3.05) is 13.7 Å². The Balaban J connectivity index is 1.72. The summed E-state index contributed by atoms with van der Waals surface area (Å²) in [6.45, 7) is 0.730. The number of hydrogen-bond donors (Lipinski definition) is 2. The number of nitrogens with one attached hydrogen (secondary N) is 1. The fourth-order valence-corrected chi connectivity index (χ4v) is 2.89. The van der Waals surface area contributed by atoms with Crippen LogP contribution in [0.3, 0.4) is 0 Å². The summed E-state index contributed by atoms with van der Waals surface area (Å²) < 4.78 is 10.7. The fraction of sp³-hybridized carbons (Fsp3) is 0.538. The molecule has 0 bridgehead atoms. The van der Waals surface area contributed by atoms with Gasteiger partial charge in [0.2, 0.25) is 0 Å². The third kappa shape index (κ3) is 1.97. The lowest BCUT2D eigenvalue weighted by atomic mass is 9.72. The SMILES string of the molecule is COc1cnccc1C(=O)NC1C(N)C2CCOC21. The number of rotatable bonds is 3. The molecule has 0 radical (unpaired) electrons. The number of ether oxygens (including phenoxy) is 2. The number of methoxy groups -OCH3 is 1. The van der Waals surface area contributed by atoms with Gasteiger partial charge in [-0.15, -0.1) is 0 Å². The topological polar surface area (TPSA) is 86.5 Å². The number of amides is 1. The molecule has 1 saturated carbocycles. The molecule has 1 aromatic rings. The summed E-state index contributed by atoms with van der Waals surface area (Å²) in [5, 5.41) is 2.93. The highest BCUT2D eigenvalue weighted by molar-refractivity contribution is 5.97. The molecule has 19 heavy (non-hydrogen) atoms. The predicted octanol–water partition coefficient (Wildman–Crippen LogP) is -0.0654. The average Bonchev–Trinajstić information content (AvgIpc) is 2.89. The Labute approximate surface area is 111 Å². The van der Waals surface area contributed by atoms with E-state index < -0.39 is 0 Å². The minimum absolute atomic E-state index is 0.0238. The van der Waals surface area contributed by atoms with Crippen LogP contribution in [0.25, 0.3) is 0 Å². The molecule has 1 aliphatic heterocycles. The highest BCUT2D eigenvalue weighted by atomic mass is 16.5. The standard InChI is InChI=1S/C13H17N3O3/c1-18-9-6-15-4-2-7(9)13(17)16-11-10(14)8-3-5-19-12(8)11/h2,4,6,8,10-12H,3,5,14H2,1H3,(H,16,17). The summed E-state index contributed by atoms with van der Waals surface area (Å²) in [5.41, 5.74) is 6.53. The number of nitrogens with zero attached hydrogens (tertiary/aromatic N) is 1. The predicted molar refractivity (Wildman–Crippen MR) is 67.9 cm³/mol. The van der Waals surface area contributed by atoms with E-state index in [4.69, 9.17) is 15.2 Å². The molecule has 3 N–H and O–H groups in total. The third-order valence-electron chi connectivity index (χ3n) is 3.99. The third-order valence-corrected chi connectivity index (χ3v) is 3.99. The van der Waals surface area contributed by atoms with Gasteiger partial charge >= 0.3 is 0 Å². The summed E-state index contributed by atoms with van der Waals surface area (Å²) in [5.74, 6) is 0.634. The van der Waals surface area contributed by atoms with Gasteiger partial charge in [0.15, 0.2) is 0 Å². The molecule has 6 nitrogen and oxygen atoms in total. The first-order chi connectivity index (χ1) is 9.22. The molecule has 2 heterocycles. The zero-order valence-corrected chi connectivity index (χ0v) is 10.7. The van der Waals surface area contributed by atoms with Gasteiger partial charge in [-0.05, 0) is 12.5 Å². The van der Waals surface area contributed by atoms with Gasteiger partial charge in [-0.25, -0.2) is 0 Å². The smallest absolute Gasteiger partial charge is 0.255 e. The fourth-order valence-electron chi connectivity index (χ4n) is 2.89. The molecule has 6 heteroatoms. The number of carbonyl (C=O) groups excluding carboxylic acids is 1. The lowest BCUT2D eigenvalue weighted by Gasteiger charge is -2.45. The van der Waals surface area contributed by atoms with Crippen LogP contribution < -0.4 is 15.8 Å². The van der Waals surface area contributed by atoms with E-state index in [-0.39, 0.29) is 24.1 Å².